The van der Waals surface area contributed by atoms with Crippen molar-refractivity contribution in [2.24, 2.45) is 5.92 Å². The minimum absolute atomic E-state index is 0.0307. The van der Waals surface area contributed by atoms with Crippen LogP contribution < -0.4 is 5.32 Å². The summed E-state index contributed by atoms with van der Waals surface area (Å²) >= 11 is 0. The Hall–Kier alpha value is -1.09. The minimum Gasteiger partial charge on any atom is -0.394 e. The monoisotopic (exact) mass is 197 g/mol. The normalized spacial score (nSPS) is 12.9. The molecule has 2 N–H and O–H groups in total. The van der Waals surface area contributed by atoms with Gasteiger partial charge in [-0.25, -0.2) is 4.39 Å². The number of aliphatic hydroxyl groups is 1. The highest BCUT2D eigenvalue weighted by atomic mass is 19.1. The molecule has 1 aromatic carbocycles. The minimum atomic E-state index is -0.268. The average Bonchev–Trinajstić information content (AvgIpc) is 2.14. The molecular formula is C11H16FNO. The first-order valence-corrected chi connectivity index (χ1v) is 4.76. The van der Waals surface area contributed by atoms with Crippen LogP contribution in [0.5, 0.6) is 0 Å². The average molecular weight is 197 g/mol. The number of rotatable bonds is 4. The molecular weight excluding hydrogens is 181 g/mol. The smallest absolute Gasteiger partial charge is 0.125 e. The molecule has 2 nitrogen and oxygen atoms in total. The van der Waals surface area contributed by atoms with Crippen molar-refractivity contribution in [2.45, 2.75) is 19.9 Å². The molecule has 0 aliphatic carbocycles. The van der Waals surface area contributed by atoms with Gasteiger partial charge in [-0.2, -0.15) is 0 Å². The topological polar surface area (TPSA) is 32.3 Å². The zero-order valence-corrected chi connectivity index (χ0v) is 8.50. The van der Waals surface area contributed by atoms with E-state index >= 15 is 0 Å². The molecule has 3 heteroatoms. The first-order valence-electron chi connectivity index (χ1n) is 4.76. The highest BCUT2D eigenvalue weighted by molar-refractivity contribution is 5.44. The van der Waals surface area contributed by atoms with Crippen LogP contribution >= 0.6 is 0 Å². The Morgan fingerprint density at radius 1 is 1.43 bits per heavy atom. The van der Waals surface area contributed by atoms with E-state index in [0.717, 1.165) is 0 Å². The van der Waals surface area contributed by atoms with E-state index in [0.29, 0.717) is 11.6 Å². The summed E-state index contributed by atoms with van der Waals surface area (Å²) in [6.07, 6.45) is 0. The van der Waals surface area contributed by atoms with E-state index in [9.17, 15) is 4.39 Å². The van der Waals surface area contributed by atoms with Gasteiger partial charge in [0.1, 0.15) is 5.82 Å². The summed E-state index contributed by atoms with van der Waals surface area (Å²) < 4.78 is 12.8. The van der Waals surface area contributed by atoms with E-state index < -0.39 is 0 Å². The number of hydrogen-bond donors (Lipinski definition) is 2. The fourth-order valence-electron chi connectivity index (χ4n) is 1.22. The third-order valence-corrected chi connectivity index (χ3v) is 2.18. The van der Waals surface area contributed by atoms with E-state index in [1.165, 1.54) is 12.1 Å². The van der Waals surface area contributed by atoms with Gasteiger partial charge >= 0.3 is 0 Å². The molecule has 0 radical (unpaired) electrons. The SMILES string of the molecule is CC(C)C(CO)Nc1cccc(F)c1. The van der Waals surface area contributed by atoms with E-state index in [1.54, 1.807) is 12.1 Å². The summed E-state index contributed by atoms with van der Waals surface area (Å²) in [6, 6.07) is 6.22. The lowest BCUT2D eigenvalue weighted by Gasteiger charge is -2.21. The lowest BCUT2D eigenvalue weighted by molar-refractivity contribution is 0.249. The van der Waals surface area contributed by atoms with Gasteiger partial charge in [-0.15, -0.1) is 0 Å². The van der Waals surface area contributed by atoms with Gasteiger partial charge in [-0.1, -0.05) is 19.9 Å². The van der Waals surface area contributed by atoms with E-state index in [2.05, 4.69) is 5.32 Å². The third-order valence-electron chi connectivity index (χ3n) is 2.18. The standard InChI is InChI=1S/C11H16FNO/c1-8(2)11(7-14)13-10-5-3-4-9(12)6-10/h3-6,8,11,13-14H,7H2,1-2H3. The van der Waals surface area contributed by atoms with Crippen LogP contribution in [-0.4, -0.2) is 17.8 Å². The molecule has 0 spiro atoms. The van der Waals surface area contributed by atoms with Crippen molar-refractivity contribution in [3.8, 4) is 0 Å². The predicted molar refractivity (Wildman–Crippen MR) is 55.7 cm³/mol. The summed E-state index contributed by atoms with van der Waals surface area (Å²) in [6.45, 7) is 4.06. The van der Waals surface area contributed by atoms with Crippen molar-refractivity contribution in [3.05, 3.63) is 30.1 Å². The zero-order valence-electron chi connectivity index (χ0n) is 8.50. The molecule has 0 saturated carbocycles. The number of nitrogens with one attached hydrogen (secondary N) is 1. The first kappa shape index (κ1) is 11.0. The molecule has 0 amide bonds. The van der Waals surface area contributed by atoms with Gasteiger partial charge in [0.2, 0.25) is 0 Å². The molecule has 0 heterocycles. The second-order valence-electron chi connectivity index (χ2n) is 3.69. The maximum absolute atomic E-state index is 12.8. The van der Waals surface area contributed by atoms with Gasteiger partial charge in [0.15, 0.2) is 0 Å². The Kier molecular flexibility index (Phi) is 3.89. The van der Waals surface area contributed by atoms with Crippen molar-refractivity contribution in [2.75, 3.05) is 11.9 Å². The molecule has 1 atom stereocenters. The molecule has 1 aromatic rings. The van der Waals surface area contributed by atoms with Crippen molar-refractivity contribution in [3.63, 3.8) is 0 Å². The van der Waals surface area contributed by atoms with E-state index in [-0.39, 0.29) is 18.5 Å². The number of halogens is 1. The summed E-state index contributed by atoms with van der Waals surface area (Å²) in [7, 11) is 0. The van der Waals surface area contributed by atoms with Crippen molar-refractivity contribution in [1.82, 2.24) is 0 Å². The largest absolute Gasteiger partial charge is 0.394 e. The first-order chi connectivity index (χ1) is 6.63. The Balaban J connectivity index is 2.67. The summed E-state index contributed by atoms with van der Waals surface area (Å²) in [5, 5.41) is 12.1. The van der Waals surface area contributed by atoms with Crippen LogP contribution in [0.2, 0.25) is 0 Å². The second kappa shape index (κ2) is 4.96. The van der Waals surface area contributed by atoms with Crippen LogP contribution in [0.4, 0.5) is 10.1 Å². The Bertz CT molecular complexity index is 288. The van der Waals surface area contributed by atoms with Gasteiger partial charge in [0, 0.05) is 5.69 Å². The number of aliphatic hydroxyl groups excluding tert-OH is 1. The van der Waals surface area contributed by atoms with Gasteiger partial charge in [-0.3, -0.25) is 0 Å². The quantitative estimate of drug-likeness (QED) is 0.776. The molecule has 0 aromatic heterocycles. The van der Waals surface area contributed by atoms with Crippen LogP contribution in [0.3, 0.4) is 0 Å². The molecule has 0 fully saturated rings. The number of benzene rings is 1. The van der Waals surface area contributed by atoms with Crippen LogP contribution in [0.25, 0.3) is 0 Å². The Morgan fingerprint density at radius 3 is 2.64 bits per heavy atom. The fourth-order valence-corrected chi connectivity index (χ4v) is 1.22. The molecule has 0 bridgehead atoms. The highest BCUT2D eigenvalue weighted by Crippen LogP contribution is 2.13. The fraction of sp³-hybridized carbons (Fsp3) is 0.455. The lowest BCUT2D eigenvalue weighted by atomic mass is 10.1. The number of hydrogen-bond acceptors (Lipinski definition) is 2. The second-order valence-corrected chi connectivity index (χ2v) is 3.69. The lowest BCUT2D eigenvalue weighted by Crippen LogP contribution is -2.29. The maximum atomic E-state index is 12.8. The van der Waals surface area contributed by atoms with Gasteiger partial charge in [0.05, 0.1) is 12.6 Å². The zero-order chi connectivity index (χ0) is 10.6. The maximum Gasteiger partial charge on any atom is 0.125 e. The van der Waals surface area contributed by atoms with E-state index in [4.69, 9.17) is 5.11 Å². The molecule has 0 saturated heterocycles. The van der Waals surface area contributed by atoms with Crippen molar-refractivity contribution >= 4 is 5.69 Å². The van der Waals surface area contributed by atoms with Gasteiger partial charge < -0.3 is 10.4 Å². The van der Waals surface area contributed by atoms with Crippen molar-refractivity contribution < 1.29 is 9.50 Å². The van der Waals surface area contributed by atoms with Crippen molar-refractivity contribution in [1.29, 1.82) is 0 Å². The van der Waals surface area contributed by atoms with Crippen LogP contribution in [0.15, 0.2) is 24.3 Å². The molecule has 78 valence electrons. The highest BCUT2D eigenvalue weighted by Gasteiger charge is 2.11. The van der Waals surface area contributed by atoms with Crippen LogP contribution in [0.1, 0.15) is 13.8 Å². The number of anilines is 1. The molecule has 0 aliphatic rings. The predicted octanol–water partition coefficient (Wildman–Crippen LogP) is 2.25. The van der Waals surface area contributed by atoms with Gasteiger partial charge in [0.25, 0.3) is 0 Å². The molecule has 0 aliphatic heterocycles. The Morgan fingerprint density at radius 2 is 2.14 bits per heavy atom. The summed E-state index contributed by atoms with van der Waals surface area (Å²) in [4.78, 5) is 0. The van der Waals surface area contributed by atoms with Crippen LogP contribution in [0, 0.1) is 11.7 Å². The van der Waals surface area contributed by atoms with Gasteiger partial charge in [-0.05, 0) is 24.1 Å². The summed E-state index contributed by atoms with van der Waals surface area (Å²) in [5.74, 6) is 0.0405. The summed E-state index contributed by atoms with van der Waals surface area (Å²) in [5.41, 5.74) is 0.706. The molecule has 1 rings (SSSR count). The molecule has 14 heavy (non-hydrogen) atoms. The third kappa shape index (κ3) is 3.00. The molecule has 1 unspecified atom stereocenters. The van der Waals surface area contributed by atoms with E-state index in [1.807, 2.05) is 13.8 Å². The van der Waals surface area contributed by atoms with Crippen LogP contribution in [-0.2, 0) is 0 Å². The Labute approximate surface area is 83.8 Å².